The summed E-state index contributed by atoms with van der Waals surface area (Å²) in [5, 5.41) is 7.42. The molecule has 1 atom stereocenters. The average molecular weight is 197 g/mol. The Morgan fingerprint density at radius 1 is 1.64 bits per heavy atom. The summed E-state index contributed by atoms with van der Waals surface area (Å²) in [7, 11) is 1.92. The predicted molar refractivity (Wildman–Crippen MR) is 56.0 cm³/mol. The summed E-state index contributed by atoms with van der Waals surface area (Å²) in [4.78, 5) is 0. The van der Waals surface area contributed by atoms with Gasteiger partial charge in [-0.1, -0.05) is 0 Å². The van der Waals surface area contributed by atoms with E-state index in [9.17, 15) is 0 Å². The molecule has 4 heteroatoms. The quantitative estimate of drug-likeness (QED) is 0.737. The highest BCUT2D eigenvalue weighted by Gasteiger charge is 2.00. The number of hydrogen-bond donors (Lipinski definition) is 1. The third-order valence-corrected chi connectivity index (χ3v) is 1.97. The highest BCUT2D eigenvalue weighted by atomic mass is 16.5. The van der Waals surface area contributed by atoms with E-state index in [1.54, 1.807) is 0 Å². The van der Waals surface area contributed by atoms with Crippen LogP contribution in [0.15, 0.2) is 12.4 Å². The second-order valence-electron chi connectivity index (χ2n) is 3.42. The van der Waals surface area contributed by atoms with Gasteiger partial charge < -0.3 is 10.1 Å². The van der Waals surface area contributed by atoms with Crippen LogP contribution in [-0.4, -0.2) is 29.0 Å². The van der Waals surface area contributed by atoms with Crippen molar-refractivity contribution in [2.24, 2.45) is 7.05 Å². The Morgan fingerprint density at radius 2 is 2.43 bits per heavy atom. The molecule has 0 bridgehead atoms. The molecule has 0 amide bonds. The first-order valence-corrected chi connectivity index (χ1v) is 5.02. The van der Waals surface area contributed by atoms with Gasteiger partial charge in [0.2, 0.25) is 0 Å². The van der Waals surface area contributed by atoms with Crippen LogP contribution in [0.2, 0.25) is 0 Å². The van der Waals surface area contributed by atoms with Crippen molar-refractivity contribution in [3.63, 3.8) is 0 Å². The van der Waals surface area contributed by atoms with Crippen LogP contribution in [0.25, 0.3) is 0 Å². The van der Waals surface area contributed by atoms with E-state index >= 15 is 0 Å². The second-order valence-corrected chi connectivity index (χ2v) is 3.42. The Hall–Kier alpha value is -0.870. The fourth-order valence-electron chi connectivity index (χ4n) is 1.33. The maximum Gasteiger partial charge on any atom is 0.0671 e. The molecule has 1 aromatic heterocycles. The zero-order chi connectivity index (χ0) is 10.4. The van der Waals surface area contributed by atoms with Gasteiger partial charge in [0.05, 0.1) is 12.3 Å². The summed E-state index contributed by atoms with van der Waals surface area (Å²) in [5.41, 5.74) is 1.20. The summed E-state index contributed by atoms with van der Waals surface area (Å²) >= 11 is 0. The third kappa shape index (κ3) is 3.89. The Bertz CT molecular complexity index is 260. The van der Waals surface area contributed by atoms with Gasteiger partial charge in [0.15, 0.2) is 0 Å². The van der Waals surface area contributed by atoms with Gasteiger partial charge in [0.1, 0.15) is 0 Å². The summed E-state index contributed by atoms with van der Waals surface area (Å²) in [6.07, 6.45) is 4.16. The highest BCUT2D eigenvalue weighted by Crippen LogP contribution is 1.95. The number of rotatable bonds is 6. The number of aryl methyl sites for hydroxylation is 1. The van der Waals surface area contributed by atoms with Gasteiger partial charge in [-0.05, 0) is 13.8 Å². The lowest BCUT2D eigenvalue weighted by Crippen LogP contribution is -2.26. The monoisotopic (exact) mass is 197 g/mol. The molecule has 80 valence electrons. The molecule has 1 unspecified atom stereocenters. The van der Waals surface area contributed by atoms with Gasteiger partial charge in [-0.25, -0.2) is 0 Å². The molecule has 4 nitrogen and oxygen atoms in total. The van der Waals surface area contributed by atoms with Crippen LogP contribution in [-0.2, 0) is 18.3 Å². The van der Waals surface area contributed by atoms with Crippen molar-refractivity contribution in [1.82, 2.24) is 15.1 Å². The zero-order valence-corrected chi connectivity index (χ0v) is 9.16. The molecular weight excluding hydrogens is 178 g/mol. The van der Waals surface area contributed by atoms with Gasteiger partial charge in [-0.2, -0.15) is 5.10 Å². The Morgan fingerprint density at radius 3 is 3.00 bits per heavy atom. The topological polar surface area (TPSA) is 39.1 Å². The van der Waals surface area contributed by atoms with Crippen molar-refractivity contribution in [1.29, 1.82) is 0 Å². The maximum atomic E-state index is 5.40. The van der Waals surface area contributed by atoms with Crippen molar-refractivity contribution in [3.05, 3.63) is 18.0 Å². The molecule has 0 radical (unpaired) electrons. The van der Waals surface area contributed by atoms with Crippen molar-refractivity contribution in [3.8, 4) is 0 Å². The standard InChI is InChI=1S/C10H19N3O/c1-4-14-9(2)5-11-6-10-7-12-13(3)8-10/h7-9,11H,4-6H2,1-3H3. The SMILES string of the molecule is CCOC(C)CNCc1cnn(C)c1. The van der Waals surface area contributed by atoms with Crippen LogP contribution in [0.1, 0.15) is 19.4 Å². The first-order valence-electron chi connectivity index (χ1n) is 5.02. The van der Waals surface area contributed by atoms with Gasteiger partial charge >= 0.3 is 0 Å². The number of nitrogens with zero attached hydrogens (tertiary/aromatic N) is 2. The lowest BCUT2D eigenvalue weighted by Gasteiger charge is -2.11. The lowest BCUT2D eigenvalue weighted by atomic mass is 10.3. The minimum absolute atomic E-state index is 0.275. The lowest BCUT2D eigenvalue weighted by molar-refractivity contribution is 0.0759. The van der Waals surface area contributed by atoms with E-state index in [0.717, 1.165) is 19.7 Å². The van der Waals surface area contributed by atoms with E-state index in [1.807, 2.05) is 31.0 Å². The molecular formula is C10H19N3O. The van der Waals surface area contributed by atoms with Gasteiger partial charge in [-0.3, -0.25) is 4.68 Å². The maximum absolute atomic E-state index is 5.40. The Kier molecular flexibility index (Phi) is 4.62. The average Bonchev–Trinajstić information content (AvgIpc) is 2.52. The van der Waals surface area contributed by atoms with E-state index in [2.05, 4.69) is 17.3 Å². The fourth-order valence-corrected chi connectivity index (χ4v) is 1.33. The largest absolute Gasteiger partial charge is 0.377 e. The van der Waals surface area contributed by atoms with E-state index in [1.165, 1.54) is 5.56 Å². The number of ether oxygens (including phenoxy) is 1. The summed E-state index contributed by atoms with van der Waals surface area (Å²) in [6.45, 7) is 6.58. The van der Waals surface area contributed by atoms with Gasteiger partial charge in [0.25, 0.3) is 0 Å². The van der Waals surface area contributed by atoms with Crippen LogP contribution < -0.4 is 5.32 Å². The Balaban J connectivity index is 2.15. The van der Waals surface area contributed by atoms with Crippen LogP contribution in [0.3, 0.4) is 0 Å². The van der Waals surface area contributed by atoms with Crippen molar-refractivity contribution in [2.45, 2.75) is 26.5 Å². The Labute approximate surface area is 85.3 Å². The number of aromatic nitrogens is 2. The van der Waals surface area contributed by atoms with E-state index < -0.39 is 0 Å². The van der Waals surface area contributed by atoms with Gasteiger partial charge in [0, 0.05) is 38.5 Å². The third-order valence-electron chi connectivity index (χ3n) is 1.97. The molecule has 0 aliphatic rings. The van der Waals surface area contributed by atoms with Crippen molar-refractivity contribution in [2.75, 3.05) is 13.2 Å². The summed E-state index contributed by atoms with van der Waals surface area (Å²) in [6, 6.07) is 0. The first kappa shape index (κ1) is 11.2. The molecule has 0 fully saturated rings. The molecule has 0 spiro atoms. The van der Waals surface area contributed by atoms with E-state index in [0.29, 0.717) is 0 Å². The van der Waals surface area contributed by atoms with Crippen LogP contribution in [0, 0.1) is 0 Å². The summed E-state index contributed by atoms with van der Waals surface area (Å²) in [5.74, 6) is 0. The van der Waals surface area contributed by atoms with Crippen molar-refractivity contribution < 1.29 is 4.74 Å². The normalized spacial score (nSPS) is 13.1. The van der Waals surface area contributed by atoms with Crippen LogP contribution in [0.5, 0.6) is 0 Å². The number of nitrogens with one attached hydrogen (secondary N) is 1. The van der Waals surface area contributed by atoms with E-state index in [-0.39, 0.29) is 6.10 Å². The minimum Gasteiger partial charge on any atom is -0.377 e. The van der Waals surface area contributed by atoms with Crippen molar-refractivity contribution >= 4 is 0 Å². The predicted octanol–water partition coefficient (Wildman–Crippen LogP) is 0.935. The summed E-state index contributed by atoms with van der Waals surface area (Å²) < 4.78 is 7.21. The highest BCUT2D eigenvalue weighted by molar-refractivity contribution is 5.02. The van der Waals surface area contributed by atoms with Gasteiger partial charge in [-0.15, -0.1) is 0 Å². The molecule has 0 saturated heterocycles. The van der Waals surface area contributed by atoms with Crippen LogP contribution >= 0.6 is 0 Å². The van der Waals surface area contributed by atoms with E-state index in [4.69, 9.17) is 4.74 Å². The molecule has 0 saturated carbocycles. The second kappa shape index (κ2) is 5.78. The molecule has 0 aromatic carbocycles. The molecule has 1 N–H and O–H groups in total. The van der Waals surface area contributed by atoms with Crippen LogP contribution in [0.4, 0.5) is 0 Å². The molecule has 14 heavy (non-hydrogen) atoms. The number of hydrogen-bond acceptors (Lipinski definition) is 3. The molecule has 0 aliphatic heterocycles. The molecule has 1 aromatic rings. The molecule has 1 rings (SSSR count). The minimum atomic E-state index is 0.275. The smallest absolute Gasteiger partial charge is 0.0671 e. The fraction of sp³-hybridized carbons (Fsp3) is 0.700. The first-order chi connectivity index (χ1) is 6.72. The zero-order valence-electron chi connectivity index (χ0n) is 9.16. The molecule has 0 aliphatic carbocycles. The molecule has 1 heterocycles.